The second kappa shape index (κ2) is 8.06. The first-order valence-electron chi connectivity index (χ1n) is 5.77. The predicted molar refractivity (Wildman–Crippen MR) is 67.2 cm³/mol. The van der Waals surface area contributed by atoms with Gasteiger partial charge in [0.05, 0.1) is 19.8 Å². The molecule has 0 bridgehead atoms. The topological polar surface area (TPSA) is 50.7 Å². The number of methoxy groups -OCH3 is 2. The summed E-state index contributed by atoms with van der Waals surface area (Å²) < 4.78 is 9.94. The fourth-order valence-corrected chi connectivity index (χ4v) is 1.52. The SMILES string of the molecule is COCC(O)CCNCc1ccc(OC)cc1. The van der Waals surface area contributed by atoms with Gasteiger partial charge < -0.3 is 19.9 Å². The molecule has 1 aromatic rings. The highest BCUT2D eigenvalue weighted by Gasteiger charge is 2.02. The summed E-state index contributed by atoms with van der Waals surface area (Å²) in [4.78, 5) is 0. The minimum Gasteiger partial charge on any atom is -0.497 e. The van der Waals surface area contributed by atoms with Crippen LogP contribution in [-0.2, 0) is 11.3 Å². The van der Waals surface area contributed by atoms with Crippen LogP contribution in [0.1, 0.15) is 12.0 Å². The van der Waals surface area contributed by atoms with Crippen LogP contribution in [0.25, 0.3) is 0 Å². The Morgan fingerprint density at radius 1 is 1.24 bits per heavy atom. The average molecular weight is 239 g/mol. The summed E-state index contributed by atoms with van der Waals surface area (Å²) in [6.07, 6.45) is 0.313. The van der Waals surface area contributed by atoms with Crippen LogP contribution in [0, 0.1) is 0 Å². The summed E-state index contributed by atoms with van der Waals surface area (Å²) in [5.74, 6) is 0.865. The van der Waals surface area contributed by atoms with Gasteiger partial charge in [-0.2, -0.15) is 0 Å². The van der Waals surface area contributed by atoms with Gasteiger partial charge in [-0.25, -0.2) is 0 Å². The molecule has 0 aliphatic rings. The molecule has 0 fully saturated rings. The van der Waals surface area contributed by atoms with Gasteiger partial charge in [-0.1, -0.05) is 12.1 Å². The number of nitrogens with one attached hydrogen (secondary N) is 1. The molecule has 4 nitrogen and oxygen atoms in total. The van der Waals surface area contributed by atoms with Crippen molar-refractivity contribution in [3.05, 3.63) is 29.8 Å². The van der Waals surface area contributed by atoms with Crippen molar-refractivity contribution in [3.8, 4) is 5.75 Å². The Bertz CT molecular complexity index is 300. The molecule has 0 amide bonds. The minimum atomic E-state index is -0.386. The number of ether oxygens (including phenoxy) is 2. The number of aliphatic hydroxyl groups is 1. The molecular weight excluding hydrogens is 218 g/mol. The Morgan fingerprint density at radius 2 is 1.94 bits per heavy atom. The molecule has 1 unspecified atom stereocenters. The fourth-order valence-electron chi connectivity index (χ4n) is 1.52. The van der Waals surface area contributed by atoms with Crippen molar-refractivity contribution in [2.75, 3.05) is 27.4 Å². The number of hydrogen-bond acceptors (Lipinski definition) is 4. The van der Waals surface area contributed by atoms with E-state index in [1.54, 1.807) is 14.2 Å². The molecule has 0 radical (unpaired) electrons. The van der Waals surface area contributed by atoms with Gasteiger partial charge in [0.2, 0.25) is 0 Å². The molecule has 0 spiro atoms. The predicted octanol–water partition coefficient (Wildman–Crippen LogP) is 1.18. The zero-order valence-electron chi connectivity index (χ0n) is 10.5. The first-order valence-corrected chi connectivity index (χ1v) is 5.77. The molecule has 0 aliphatic carbocycles. The zero-order chi connectivity index (χ0) is 12.5. The first-order chi connectivity index (χ1) is 8.26. The van der Waals surface area contributed by atoms with Crippen molar-refractivity contribution in [2.45, 2.75) is 19.1 Å². The fraction of sp³-hybridized carbons (Fsp3) is 0.538. The van der Waals surface area contributed by atoms with E-state index in [1.165, 1.54) is 5.56 Å². The standard InChI is InChI=1S/C13H21NO3/c1-16-10-12(15)7-8-14-9-11-3-5-13(17-2)6-4-11/h3-6,12,14-15H,7-10H2,1-2H3. The molecule has 1 atom stereocenters. The lowest BCUT2D eigenvalue weighted by molar-refractivity contribution is 0.0594. The lowest BCUT2D eigenvalue weighted by atomic mass is 10.2. The van der Waals surface area contributed by atoms with Gasteiger partial charge in [0.25, 0.3) is 0 Å². The van der Waals surface area contributed by atoms with Gasteiger partial charge >= 0.3 is 0 Å². The quantitative estimate of drug-likeness (QED) is 0.669. The van der Waals surface area contributed by atoms with E-state index in [2.05, 4.69) is 5.32 Å². The third-order valence-corrected chi connectivity index (χ3v) is 2.50. The Hall–Kier alpha value is -1.10. The summed E-state index contributed by atoms with van der Waals surface area (Å²) in [6, 6.07) is 7.93. The van der Waals surface area contributed by atoms with Gasteiger partial charge in [0.1, 0.15) is 5.75 Å². The van der Waals surface area contributed by atoms with Crippen LogP contribution in [0.3, 0.4) is 0 Å². The third-order valence-electron chi connectivity index (χ3n) is 2.50. The first kappa shape index (κ1) is 14.0. The van der Waals surface area contributed by atoms with Gasteiger partial charge in [-0.15, -0.1) is 0 Å². The Balaban J connectivity index is 2.17. The molecule has 0 saturated heterocycles. The molecule has 1 rings (SSSR count). The Morgan fingerprint density at radius 3 is 2.53 bits per heavy atom. The molecule has 17 heavy (non-hydrogen) atoms. The van der Waals surface area contributed by atoms with Crippen molar-refractivity contribution in [3.63, 3.8) is 0 Å². The van der Waals surface area contributed by atoms with Gasteiger partial charge in [-0.05, 0) is 30.7 Å². The minimum absolute atomic E-state index is 0.386. The highest BCUT2D eigenvalue weighted by atomic mass is 16.5. The van der Waals surface area contributed by atoms with Crippen molar-refractivity contribution in [1.29, 1.82) is 0 Å². The van der Waals surface area contributed by atoms with Crippen molar-refractivity contribution in [2.24, 2.45) is 0 Å². The molecule has 2 N–H and O–H groups in total. The van der Waals surface area contributed by atoms with Crippen LogP contribution in [-0.4, -0.2) is 38.6 Å². The highest BCUT2D eigenvalue weighted by Crippen LogP contribution is 2.10. The van der Waals surface area contributed by atoms with E-state index < -0.39 is 0 Å². The maximum absolute atomic E-state index is 9.43. The van der Waals surface area contributed by atoms with E-state index in [1.807, 2.05) is 24.3 Å². The van der Waals surface area contributed by atoms with E-state index in [4.69, 9.17) is 9.47 Å². The highest BCUT2D eigenvalue weighted by molar-refractivity contribution is 5.26. The third kappa shape index (κ3) is 5.68. The largest absolute Gasteiger partial charge is 0.497 e. The van der Waals surface area contributed by atoms with Crippen LogP contribution in [0.15, 0.2) is 24.3 Å². The van der Waals surface area contributed by atoms with Gasteiger partial charge in [-0.3, -0.25) is 0 Å². The Labute approximate surface area is 103 Å². The van der Waals surface area contributed by atoms with Gasteiger partial charge in [0.15, 0.2) is 0 Å². The normalized spacial score (nSPS) is 12.4. The van der Waals surface area contributed by atoms with Crippen LogP contribution >= 0.6 is 0 Å². The molecule has 0 saturated carbocycles. The number of aliphatic hydroxyl groups excluding tert-OH is 1. The lowest BCUT2D eigenvalue weighted by Crippen LogP contribution is -2.22. The maximum Gasteiger partial charge on any atom is 0.118 e. The van der Waals surface area contributed by atoms with Crippen LogP contribution in [0.5, 0.6) is 5.75 Å². The molecule has 0 heterocycles. The van der Waals surface area contributed by atoms with E-state index in [0.29, 0.717) is 13.0 Å². The van der Waals surface area contributed by atoms with E-state index in [9.17, 15) is 5.11 Å². The maximum atomic E-state index is 9.43. The molecule has 1 aromatic carbocycles. The van der Waals surface area contributed by atoms with Crippen LogP contribution < -0.4 is 10.1 Å². The van der Waals surface area contributed by atoms with Crippen molar-refractivity contribution >= 4 is 0 Å². The van der Waals surface area contributed by atoms with E-state index >= 15 is 0 Å². The number of hydrogen-bond donors (Lipinski definition) is 2. The summed E-state index contributed by atoms with van der Waals surface area (Å²) in [6.45, 7) is 1.96. The summed E-state index contributed by atoms with van der Waals surface area (Å²) in [7, 11) is 3.25. The van der Waals surface area contributed by atoms with Crippen LogP contribution in [0.4, 0.5) is 0 Å². The number of benzene rings is 1. The van der Waals surface area contributed by atoms with E-state index in [-0.39, 0.29) is 6.10 Å². The van der Waals surface area contributed by atoms with E-state index in [0.717, 1.165) is 18.8 Å². The average Bonchev–Trinajstić information content (AvgIpc) is 2.36. The summed E-state index contributed by atoms with van der Waals surface area (Å²) in [5.41, 5.74) is 1.20. The molecule has 0 aliphatic heterocycles. The second-order valence-electron chi connectivity index (χ2n) is 3.92. The van der Waals surface area contributed by atoms with Crippen LogP contribution in [0.2, 0.25) is 0 Å². The molecule has 96 valence electrons. The monoisotopic (exact) mass is 239 g/mol. The van der Waals surface area contributed by atoms with Crippen molar-refractivity contribution in [1.82, 2.24) is 5.32 Å². The van der Waals surface area contributed by atoms with Gasteiger partial charge in [0, 0.05) is 13.7 Å². The lowest BCUT2D eigenvalue weighted by Gasteiger charge is -2.10. The number of rotatable bonds is 8. The summed E-state index contributed by atoms with van der Waals surface area (Å²) in [5, 5.41) is 12.7. The molecule has 4 heteroatoms. The second-order valence-corrected chi connectivity index (χ2v) is 3.92. The van der Waals surface area contributed by atoms with Crippen molar-refractivity contribution < 1.29 is 14.6 Å². The summed E-state index contributed by atoms with van der Waals surface area (Å²) >= 11 is 0. The smallest absolute Gasteiger partial charge is 0.118 e. The zero-order valence-corrected chi connectivity index (χ0v) is 10.5. The molecular formula is C13H21NO3. The molecule has 0 aromatic heterocycles. The Kier molecular flexibility index (Phi) is 6.62.